The molecule has 1 aromatic carbocycles. The molecular weight excluding hydrogens is 330 g/mol. The first-order valence-electron chi connectivity index (χ1n) is 9.32. The molecule has 26 heavy (non-hydrogen) atoms. The molecule has 0 aliphatic carbocycles. The highest BCUT2D eigenvalue weighted by molar-refractivity contribution is 5.91. The molecule has 0 unspecified atom stereocenters. The molecule has 0 atom stereocenters. The van der Waals surface area contributed by atoms with Crippen molar-refractivity contribution >= 4 is 22.7 Å². The van der Waals surface area contributed by atoms with Gasteiger partial charge in [-0.25, -0.2) is 4.98 Å². The number of benzene rings is 1. The van der Waals surface area contributed by atoms with E-state index in [9.17, 15) is 0 Å². The summed E-state index contributed by atoms with van der Waals surface area (Å²) in [6.07, 6.45) is 3.59. The number of fused-ring (bicyclic) bond motifs is 1. The Morgan fingerprint density at radius 2 is 1.81 bits per heavy atom. The smallest absolute Gasteiger partial charge is 0.227 e. The lowest BCUT2D eigenvalue weighted by Crippen LogP contribution is -2.32. The van der Waals surface area contributed by atoms with E-state index in [2.05, 4.69) is 21.7 Å². The van der Waals surface area contributed by atoms with E-state index >= 15 is 0 Å². The SMILES string of the molecule is CCCCN1CCCN(c2nc(N)c3cc(OC)c(OC)cc3n2)CC1. The number of nitrogens with two attached hydrogens (primary N) is 1. The van der Waals surface area contributed by atoms with E-state index in [1.165, 1.54) is 19.4 Å². The number of aromatic nitrogens is 2. The lowest BCUT2D eigenvalue weighted by molar-refractivity contribution is 0.289. The van der Waals surface area contributed by atoms with Crippen molar-refractivity contribution in [3.8, 4) is 11.5 Å². The van der Waals surface area contributed by atoms with Gasteiger partial charge < -0.3 is 25.0 Å². The summed E-state index contributed by atoms with van der Waals surface area (Å²) in [5.41, 5.74) is 7.00. The van der Waals surface area contributed by atoms with E-state index in [0.717, 1.165) is 43.5 Å². The van der Waals surface area contributed by atoms with Crippen molar-refractivity contribution < 1.29 is 9.47 Å². The van der Waals surface area contributed by atoms with E-state index in [0.29, 0.717) is 23.3 Å². The maximum atomic E-state index is 6.23. The minimum absolute atomic E-state index is 0.470. The van der Waals surface area contributed by atoms with E-state index < -0.39 is 0 Å². The van der Waals surface area contributed by atoms with Crippen LogP contribution in [0.5, 0.6) is 11.5 Å². The monoisotopic (exact) mass is 359 g/mol. The zero-order valence-electron chi connectivity index (χ0n) is 16.0. The number of methoxy groups -OCH3 is 2. The van der Waals surface area contributed by atoms with Crippen molar-refractivity contribution in [2.45, 2.75) is 26.2 Å². The molecule has 0 saturated carbocycles. The van der Waals surface area contributed by atoms with Crippen molar-refractivity contribution in [1.29, 1.82) is 0 Å². The minimum atomic E-state index is 0.470. The van der Waals surface area contributed by atoms with Crippen LogP contribution >= 0.6 is 0 Å². The van der Waals surface area contributed by atoms with Gasteiger partial charge in [-0.15, -0.1) is 0 Å². The van der Waals surface area contributed by atoms with Crippen LogP contribution in [0.2, 0.25) is 0 Å². The summed E-state index contributed by atoms with van der Waals surface area (Å²) in [6.45, 7) is 7.43. The minimum Gasteiger partial charge on any atom is -0.493 e. The molecular formula is C19H29N5O2. The quantitative estimate of drug-likeness (QED) is 0.849. The molecule has 1 aliphatic heterocycles. The average molecular weight is 359 g/mol. The summed E-state index contributed by atoms with van der Waals surface area (Å²) >= 11 is 0. The van der Waals surface area contributed by atoms with Crippen LogP contribution in [0.15, 0.2) is 12.1 Å². The molecule has 1 saturated heterocycles. The standard InChI is InChI=1S/C19H29N5O2/c1-4-5-7-23-8-6-9-24(11-10-23)19-21-15-13-17(26-3)16(25-2)12-14(15)18(20)22-19/h12-13H,4-11H2,1-3H3,(H2,20,21,22). The third-order valence-corrected chi connectivity index (χ3v) is 4.92. The van der Waals surface area contributed by atoms with Gasteiger partial charge in [-0.05, 0) is 32.0 Å². The summed E-state index contributed by atoms with van der Waals surface area (Å²) in [4.78, 5) is 14.1. The third-order valence-electron chi connectivity index (χ3n) is 4.92. The summed E-state index contributed by atoms with van der Waals surface area (Å²) in [5.74, 6) is 2.44. The second-order valence-electron chi connectivity index (χ2n) is 6.67. The van der Waals surface area contributed by atoms with Crippen molar-refractivity contribution in [3.05, 3.63) is 12.1 Å². The predicted octanol–water partition coefficient (Wildman–Crippen LogP) is 2.54. The Morgan fingerprint density at radius 3 is 2.54 bits per heavy atom. The van der Waals surface area contributed by atoms with Gasteiger partial charge in [0.05, 0.1) is 19.7 Å². The Balaban J connectivity index is 1.86. The van der Waals surface area contributed by atoms with Crippen molar-refractivity contribution in [2.75, 3.05) is 57.6 Å². The number of nitrogen functional groups attached to an aromatic ring is 1. The molecule has 2 aromatic rings. The predicted molar refractivity (Wildman–Crippen MR) is 105 cm³/mol. The molecule has 0 radical (unpaired) electrons. The van der Waals surface area contributed by atoms with Gasteiger partial charge in [0.1, 0.15) is 5.82 Å². The van der Waals surface area contributed by atoms with Crippen LogP contribution in [0.3, 0.4) is 0 Å². The number of unbranched alkanes of at least 4 members (excludes halogenated alkanes) is 1. The Hall–Kier alpha value is -2.28. The maximum Gasteiger partial charge on any atom is 0.227 e. The number of rotatable bonds is 6. The van der Waals surface area contributed by atoms with Gasteiger partial charge in [0, 0.05) is 31.1 Å². The number of hydrogen-bond acceptors (Lipinski definition) is 7. The molecule has 0 spiro atoms. The number of ether oxygens (including phenoxy) is 2. The van der Waals surface area contributed by atoms with Crippen LogP contribution in [0.25, 0.3) is 10.9 Å². The van der Waals surface area contributed by atoms with E-state index in [-0.39, 0.29) is 0 Å². The second-order valence-corrected chi connectivity index (χ2v) is 6.67. The van der Waals surface area contributed by atoms with Crippen molar-refractivity contribution in [3.63, 3.8) is 0 Å². The molecule has 0 bridgehead atoms. The third kappa shape index (κ3) is 3.93. The Morgan fingerprint density at radius 1 is 1.04 bits per heavy atom. The highest BCUT2D eigenvalue weighted by Gasteiger charge is 2.19. The van der Waals surface area contributed by atoms with Crippen LogP contribution < -0.4 is 20.1 Å². The first kappa shape index (κ1) is 18.5. The molecule has 7 heteroatoms. The first-order chi connectivity index (χ1) is 12.7. The van der Waals surface area contributed by atoms with Crippen molar-refractivity contribution in [2.24, 2.45) is 0 Å². The highest BCUT2D eigenvalue weighted by Crippen LogP contribution is 2.34. The fourth-order valence-electron chi connectivity index (χ4n) is 3.38. The molecule has 7 nitrogen and oxygen atoms in total. The van der Waals surface area contributed by atoms with E-state index in [4.69, 9.17) is 20.2 Å². The van der Waals surface area contributed by atoms with Crippen LogP contribution in [0.1, 0.15) is 26.2 Å². The van der Waals surface area contributed by atoms with Gasteiger partial charge in [-0.1, -0.05) is 13.3 Å². The van der Waals surface area contributed by atoms with Gasteiger partial charge in [-0.3, -0.25) is 0 Å². The van der Waals surface area contributed by atoms with Crippen LogP contribution in [-0.4, -0.2) is 61.8 Å². The Bertz CT molecular complexity index is 752. The van der Waals surface area contributed by atoms with Gasteiger partial charge in [0.2, 0.25) is 5.95 Å². The lowest BCUT2D eigenvalue weighted by atomic mass is 10.2. The molecule has 142 valence electrons. The zero-order valence-corrected chi connectivity index (χ0v) is 16.0. The van der Waals surface area contributed by atoms with Gasteiger partial charge >= 0.3 is 0 Å². The fourth-order valence-corrected chi connectivity index (χ4v) is 3.38. The maximum absolute atomic E-state index is 6.23. The first-order valence-corrected chi connectivity index (χ1v) is 9.32. The lowest BCUT2D eigenvalue weighted by Gasteiger charge is -2.22. The summed E-state index contributed by atoms with van der Waals surface area (Å²) in [6, 6.07) is 3.70. The fraction of sp³-hybridized carbons (Fsp3) is 0.579. The molecule has 1 aliphatic rings. The number of nitrogens with zero attached hydrogens (tertiary/aromatic N) is 4. The highest BCUT2D eigenvalue weighted by atomic mass is 16.5. The molecule has 0 amide bonds. The normalized spacial score (nSPS) is 15.9. The summed E-state index contributed by atoms with van der Waals surface area (Å²) in [7, 11) is 3.23. The zero-order chi connectivity index (χ0) is 18.5. The molecule has 2 N–H and O–H groups in total. The topological polar surface area (TPSA) is 76.7 Å². The van der Waals surface area contributed by atoms with Gasteiger partial charge in [-0.2, -0.15) is 4.98 Å². The van der Waals surface area contributed by atoms with E-state index in [1.54, 1.807) is 14.2 Å². The van der Waals surface area contributed by atoms with Crippen LogP contribution in [-0.2, 0) is 0 Å². The van der Waals surface area contributed by atoms with Crippen molar-refractivity contribution in [1.82, 2.24) is 14.9 Å². The largest absolute Gasteiger partial charge is 0.493 e. The molecule has 1 aromatic heterocycles. The average Bonchev–Trinajstić information content (AvgIpc) is 2.91. The second kappa shape index (κ2) is 8.40. The Kier molecular flexibility index (Phi) is 5.98. The Labute approximate surface area is 155 Å². The molecule has 2 heterocycles. The van der Waals surface area contributed by atoms with Gasteiger partial charge in [0.15, 0.2) is 11.5 Å². The van der Waals surface area contributed by atoms with Gasteiger partial charge in [0.25, 0.3) is 0 Å². The van der Waals surface area contributed by atoms with Crippen LogP contribution in [0.4, 0.5) is 11.8 Å². The molecule has 3 rings (SSSR count). The summed E-state index contributed by atoms with van der Waals surface area (Å²) in [5, 5.41) is 0.783. The van der Waals surface area contributed by atoms with E-state index in [1.807, 2.05) is 12.1 Å². The van der Waals surface area contributed by atoms with Crippen LogP contribution in [0, 0.1) is 0 Å². The number of hydrogen-bond donors (Lipinski definition) is 1. The molecule has 1 fully saturated rings. The number of anilines is 2. The summed E-state index contributed by atoms with van der Waals surface area (Å²) < 4.78 is 10.7.